The summed E-state index contributed by atoms with van der Waals surface area (Å²) in [6.07, 6.45) is 8.18. The predicted molar refractivity (Wildman–Crippen MR) is 126 cm³/mol. The lowest BCUT2D eigenvalue weighted by atomic mass is 9.89. The van der Waals surface area contributed by atoms with Crippen LogP contribution in [0.3, 0.4) is 0 Å². The molecule has 152 valence electrons. The predicted octanol–water partition coefficient (Wildman–Crippen LogP) is 6.14. The summed E-state index contributed by atoms with van der Waals surface area (Å²) in [6.45, 7) is 12.2. The first-order valence-corrected chi connectivity index (χ1v) is 11.4. The molecule has 0 spiro atoms. The van der Waals surface area contributed by atoms with Gasteiger partial charge in [-0.25, -0.2) is 4.57 Å². The van der Waals surface area contributed by atoms with E-state index in [0.717, 1.165) is 21.0 Å². The number of nitrogens with zero attached hydrogens (tertiary/aromatic N) is 3. The van der Waals surface area contributed by atoms with Crippen LogP contribution in [0.5, 0.6) is 0 Å². The number of rotatable bonds is 3. The van der Waals surface area contributed by atoms with Crippen LogP contribution in [0.15, 0.2) is 45.9 Å². The Bertz CT molecular complexity index is 1230. The molecule has 0 atom stereocenters. The zero-order valence-corrected chi connectivity index (χ0v) is 20.9. The highest BCUT2D eigenvalue weighted by molar-refractivity contribution is 9.11. The number of aromatic nitrogens is 4. The zero-order chi connectivity index (χ0) is 21.1. The number of nitrogens with one attached hydrogen (secondary N) is 1. The third kappa shape index (κ3) is 3.66. The Labute approximate surface area is 188 Å². The number of pyridine rings is 2. The first kappa shape index (κ1) is 20.6. The van der Waals surface area contributed by atoms with E-state index in [1.54, 1.807) is 0 Å². The van der Waals surface area contributed by atoms with Crippen molar-refractivity contribution in [3.05, 3.63) is 57.3 Å². The van der Waals surface area contributed by atoms with Crippen molar-refractivity contribution in [3.63, 3.8) is 0 Å². The molecule has 0 radical (unpaired) electrons. The lowest BCUT2D eigenvalue weighted by Gasteiger charge is -2.20. The molecule has 0 amide bonds. The van der Waals surface area contributed by atoms with E-state index in [0.29, 0.717) is 0 Å². The second-order valence-corrected chi connectivity index (χ2v) is 11.3. The molecule has 4 heterocycles. The van der Waals surface area contributed by atoms with Gasteiger partial charge in [0.2, 0.25) is 0 Å². The molecule has 0 saturated carbocycles. The van der Waals surface area contributed by atoms with Crippen molar-refractivity contribution < 1.29 is 4.57 Å². The van der Waals surface area contributed by atoms with E-state index in [9.17, 15) is 0 Å². The Morgan fingerprint density at radius 2 is 1.72 bits per heavy atom. The molecular weight excluding hydrogens is 492 g/mol. The fourth-order valence-corrected chi connectivity index (χ4v) is 5.14. The van der Waals surface area contributed by atoms with E-state index in [1.807, 2.05) is 12.4 Å². The van der Waals surface area contributed by atoms with Crippen LogP contribution in [0.2, 0.25) is 0 Å². The monoisotopic (exact) mass is 517 g/mol. The number of H-pyrrole nitrogens is 1. The van der Waals surface area contributed by atoms with Crippen molar-refractivity contribution in [1.82, 2.24) is 14.5 Å². The number of aryl methyl sites for hydroxylation is 1. The second-order valence-electron chi connectivity index (χ2n) is 9.57. The number of fused-ring (bicyclic) bond motifs is 2. The molecule has 0 aliphatic heterocycles. The van der Waals surface area contributed by atoms with Crippen LogP contribution < -0.4 is 4.57 Å². The van der Waals surface area contributed by atoms with Gasteiger partial charge in [0.1, 0.15) is 5.52 Å². The Kier molecular flexibility index (Phi) is 4.94. The highest BCUT2D eigenvalue weighted by Crippen LogP contribution is 2.33. The molecule has 0 aliphatic carbocycles. The molecule has 0 aromatic carbocycles. The highest BCUT2D eigenvalue weighted by atomic mass is 79.9. The van der Waals surface area contributed by atoms with Crippen LogP contribution in [-0.4, -0.2) is 14.5 Å². The van der Waals surface area contributed by atoms with E-state index in [4.69, 9.17) is 0 Å². The van der Waals surface area contributed by atoms with Crippen molar-refractivity contribution >= 4 is 53.7 Å². The fraction of sp³-hybridized carbons (Fsp3) is 0.391. The summed E-state index contributed by atoms with van der Waals surface area (Å²) in [5.41, 5.74) is 4.85. The average Bonchev–Trinajstić information content (AvgIpc) is 3.18. The van der Waals surface area contributed by atoms with Crippen LogP contribution >= 0.6 is 31.9 Å². The quantitative estimate of drug-likeness (QED) is 0.325. The first-order valence-electron chi connectivity index (χ1n) is 9.78. The van der Waals surface area contributed by atoms with Crippen molar-refractivity contribution in [2.75, 3.05) is 0 Å². The second kappa shape index (κ2) is 6.95. The van der Waals surface area contributed by atoms with E-state index in [-0.39, 0.29) is 10.8 Å². The number of hydrogen-bond donors (Lipinski definition) is 1. The SMILES string of the molecule is Cn1c(C(C)(C)C)cc2c(Br)c[n+](CC(C)(C)c3cc4c(Br)cncc4[nH]3)cc21. The molecule has 0 unspecified atom stereocenters. The van der Waals surface area contributed by atoms with Crippen molar-refractivity contribution in [3.8, 4) is 0 Å². The third-order valence-electron chi connectivity index (χ3n) is 5.68. The van der Waals surface area contributed by atoms with Crippen LogP contribution in [-0.2, 0) is 24.4 Å². The lowest BCUT2D eigenvalue weighted by molar-refractivity contribution is -0.703. The van der Waals surface area contributed by atoms with Gasteiger partial charge in [0.05, 0.1) is 21.6 Å². The molecule has 0 bridgehead atoms. The van der Waals surface area contributed by atoms with Gasteiger partial charge in [-0.05, 0) is 57.8 Å². The van der Waals surface area contributed by atoms with Crippen LogP contribution in [0.25, 0.3) is 21.8 Å². The van der Waals surface area contributed by atoms with E-state index in [1.165, 1.54) is 27.7 Å². The van der Waals surface area contributed by atoms with Crippen LogP contribution in [0.1, 0.15) is 46.0 Å². The minimum Gasteiger partial charge on any atom is -0.356 e. The maximum Gasteiger partial charge on any atom is 0.193 e. The molecule has 0 saturated heterocycles. The summed E-state index contributed by atoms with van der Waals surface area (Å²) in [7, 11) is 2.16. The molecule has 29 heavy (non-hydrogen) atoms. The molecular formula is C23H27Br2N4+. The third-order valence-corrected chi connectivity index (χ3v) is 6.94. The summed E-state index contributed by atoms with van der Waals surface area (Å²) in [5, 5.41) is 2.43. The van der Waals surface area contributed by atoms with Crippen molar-refractivity contribution in [2.45, 2.75) is 52.0 Å². The Morgan fingerprint density at radius 1 is 1.00 bits per heavy atom. The van der Waals surface area contributed by atoms with Gasteiger partial charge in [-0.2, -0.15) is 0 Å². The topological polar surface area (TPSA) is 37.5 Å². The normalized spacial score (nSPS) is 13.0. The van der Waals surface area contributed by atoms with Gasteiger partial charge in [0.25, 0.3) is 0 Å². The van der Waals surface area contributed by atoms with Gasteiger partial charge in [-0.3, -0.25) is 4.98 Å². The van der Waals surface area contributed by atoms with Crippen molar-refractivity contribution in [2.24, 2.45) is 7.05 Å². The lowest BCUT2D eigenvalue weighted by Crippen LogP contribution is -2.43. The minimum absolute atomic E-state index is 0.0751. The van der Waals surface area contributed by atoms with Gasteiger partial charge in [-0.15, -0.1) is 0 Å². The number of halogens is 2. The molecule has 1 N–H and O–H groups in total. The molecule has 4 nitrogen and oxygen atoms in total. The zero-order valence-electron chi connectivity index (χ0n) is 17.8. The summed E-state index contributed by atoms with van der Waals surface area (Å²) in [6, 6.07) is 4.53. The summed E-state index contributed by atoms with van der Waals surface area (Å²) in [5.74, 6) is 0. The van der Waals surface area contributed by atoms with Gasteiger partial charge in [-0.1, -0.05) is 20.8 Å². The van der Waals surface area contributed by atoms with Gasteiger partial charge in [0, 0.05) is 45.3 Å². The highest BCUT2D eigenvalue weighted by Gasteiger charge is 2.29. The maximum absolute atomic E-state index is 4.28. The van der Waals surface area contributed by atoms with E-state index >= 15 is 0 Å². The summed E-state index contributed by atoms with van der Waals surface area (Å²) >= 11 is 7.42. The molecule has 6 heteroatoms. The van der Waals surface area contributed by atoms with Crippen LogP contribution in [0.4, 0.5) is 0 Å². The molecule has 4 aromatic heterocycles. The summed E-state index contributed by atoms with van der Waals surface area (Å²) < 4.78 is 6.75. The Balaban J connectivity index is 1.76. The molecule has 0 aliphatic rings. The Morgan fingerprint density at radius 3 is 2.38 bits per heavy atom. The summed E-state index contributed by atoms with van der Waals surface area (Å²) in [4.78, 5) is 7.84. The average molecular weight is 519 g/mol. The fourth-order valence-electron chi connectivity index (χ4n) is 4.11. The largest absolute Gasteiger partial charge is 0.356 e. The van der Waals surface area contributed by atoms with Gasteiger partial charge in [0.15, 0.2) is 18.9 Å². The van der Waals surface area contributed by atoms with Crippen molar-refractivity contribution in [1.29, 1.82) is 0 Å². The molecule has 4 aromatic rings. The minimum atomic E-state index is -0.0751. The molecule has 4 rings (SSSR count). The van der Waals surface area contributed by atoms with Crippen LogP contribution in [0, 0.1) is 0 Å². The van der Waals surface area contributed by atoms with Gasteiger partial charge < -0.3 is 9.55 Å². The maximum atomic E-state index is 4.28. The smallest absolute Gasteiger partial charge is 0.193 e. The Hall–Kier alpha value is -1.66. The molecule has 0 fully saturated rings. The van der Waals surface area contributed by atoms with Gasteiger partial charge >= 0.3 is 0 Å². The standard InChI is InChI=1S/C23H27Br2N4/c1-22(2,3)21-8-15-17(25)11-29(12-19(15)28(21)6)13-23(4,5)20-7-14-16(24)9-26-10-18(14)27-20/h7-12,27H,13H2,1-6H3/q+1. The van der Waals surface area contributed by atoms with E-state index < -0.39 is 0 Å². The number of aromatic amines is 1. The number of hydrogen-bond acceptors (Lipinski definition) is 1. The van der Waals surface area contributed by atoms with E-state index in [2.05, 4.69) is 117 Å². The first-order chi connectivity index (χ1) is 13.5.